The largest absolute Gasteiger partial charge is 0.307 e. The molecule has 0 heterocycles. The Morgan fingerprint density at radius 2 is 2.29 bits per heavy atom. The van der Waals surface area contributed by atoms with E-state index in [9.17, 15) is 4.39 Å². The van der Waals surface area contributed by atoms with E-state index in [0.717, 1.165) is 24.9 Å². The van der Waals surface area contributed by atoms with Crippen LogP contribution in [0, 0.1) is 5.82 Å². The van der Waals surface area contributed by atoms with Gasteiger partial charge in [-0.2, -0.15) is 0 Å². The number of allylic oxidation sites excluding steroid dienone is 1. The summed E-state index contributed by atoms with van der Waals surface area (Å²) >= 11 is 3.36. The fourth-order valence-corrected chi connectivity index (χ4v) is 2.84. The first-order chi connectivity index (χ1) is 8.24. The lowest BCUT2D eigenvalue weighted by Crippen LogP contribution is -2.23. The smallest absolute Gasteiger partial charge is 0.137 e. The van der Waals surface area contributed by atoms with Crippen molar-refractivity contribution in [1.29, 1.82) is 0 Å². The third kappa shape index (κ3) is 2.78. The minimum Gasteiger partial charge on any atom is -0.307 e. The molecule has 0 saturated carbocycles. The lowest BCUT2D eigenvalue weighted by atomic mass is 9.98. The van der Waals surface area contributed by atoms with Crippen molar-refractivity contribution in [1.82, 2.24) is 5.32 Å². The molecule has 1 atom stereocenters. The molecule has 0 spiro atoms. The fourth-order valence-electron chi connectivity index (χ4n) is 2.35. The second-order valence-corrected chi connectivity index (χ2v) is 5.10. The summed E-state index contributed by atoms with van der Waals surface area (Å²) in [4.78, 5) is 0. The van der Waals surface area contributed by atoms with Gasteiger partial charge in [0.15, 0.2) is 0 Å². The standard InChI is InChI=1S/C14H17BrFN/c1-2-17-14(10-6-3-4-7-10)11-8-5-9-12(16)13(11)15/h5-6,8-9,14,17H,2-4,7H2,1H3. The highest BCUT2D eigenvalue weighted by atomic mass is 79.9. The van der Waals surface area contributed by atoms with Gasteiger partial charge in [0.1, 0.15) is 5.82 Å². The molecule has 2 rings (SSSR count). The average molecular weight is 298 g/mol. The molecule has 1 aromatic rings. The average Bonchev–Trinajstić information content (AvgIpc) is 2.84. The second kappa shape index (κ2) is 5.78. The maximum Gasteiger partial charge on any atom is 0.137 e. The van der Waals surface area contributed by atoms with Crippen LogP contribution in [0.2, 0.25) is 0 Å². The quantitative estimate of drug-likeness (QED) is 0.815. The number of halogens is 2. The molecular weight excluding hydrogens is 281 g/mol. The van der Waals surface area contributed by atoms with Gasteiger partial charge in [-0.3, -0.25) is 0 Å². The van der Waals surface area contributed by atoms with Crippen molar-refractivity contribution in [3.05, 3.63) is 45.7 Å². The molecule has 1 nitrogen and oxygen atoms in total. The van der Waals surface area contributed by atoms with Crippen molar-refractivity contribution in [2.75, 3.05) is 6.54 Å². The Bertz CT molecular complexity index is 428. The predicted molar refractivity (Wildman–Crippen MR) is 72.5 cm³/mol. The lowest BCUT2D eigenvalue weighted by Gasteiger charge is -2.21. The molecule has 17 heavy (non-hydrogen) atoms. The van der Waals surface area contributed by atoms with Crippen molar-refractivity contribution in [2.45, 2.75) is 32.2 Å². The number of hydrogen-bond donors (Lipinski definition) is 1. The van der Waals surface area contributed by atoms with Crippen LogP contribution in [0.3, 0.4) is 0 Å². The first-order valence-corrected chi connectivity index (χ1v) is 6.89. The zero-order valence-corrected chi connectivity index (χ0v) is 11.6. The third-order valence-corrected chi connectivity index (χ3v) is 3.98. The topological polar surface area (TPSA) is 12.0 Å². The predicted octanol–water partition coefficient (Wildman–Crippen LogP) is 4.35. The van der Waals surface area contributed by atoms with Gasteiger partial charge >= 0.3 is 0 Å². The van der Waals surface area contributed by atoms with Gasteiger partial charge in [-0.25, -0.2) is 4.39 Å². The third-order valence-electron chi connectivity index (χ3n) is 3.15. The van der Waals surface area contributed by atoms with Crippen LogP contribution in [0.15, 0.2) is 34.3 Å². The first kappa shape index (κ1) is 12.8. The van der Waals surface area contributed by atoms with Gasteiger partial charge in [0, 0.05) is 0 Å². The molecule has 92 valence electrons. The Morgan fingerprint density at radius 3 is 2.94 bits per heavy atom. The maximum atomic E-state index is 13.6. The summed E-state index contributed by atoms with van der Waals surface area (Å²) in [7, 11) is 0. The van der Waals surface area contributed by atoms with Crippen LogP contribution in [0.4, 0.5) is 4.39 Å². The number of likely N-dealkylation sites (N-methyl/N-ethyl adjacent to an activating group) is 1. The fraction of sp³-hybridized carbons (Fsp3) is 0.429. The van der Waals surface area contributed by atoms with E-state index >= 15 is 0 Å². The lowest BCUT2D eigenvalue weighted by molar-refractivity contribution is 0.583. The van der Waals surface area contributed by atoms with Crippen molar-refractivity contribution < 1.29 is 4.39 Å². The number of benzene rings is 1. The molecule has 3 heteroatoms. The normalized spacial score (nSPS) is 17.0. The second-order valence-electron chi connectivity index (χ2n) is 4.31. The van der Waals surface area contributed by atoms with Crippen LogP contribution < -0.4 is 5.32 Å². The van der Waals surface area contributed by atoms with Gasteiger partial charge in [-0.05, 0) is 53.4 Å². The summed E-state index contributed by atoms with van der Waals surface area (Å²) in [5, 5.41) is 3.44. The van der Waals surface area contributed by atoms with Crippen molar-refractivity contribution in [2.24, 2.45) is 0 Å². The summed E-state index contributed by atoms with van der Waals surface area (Å²) in [6.45, 7) is 2.96. The van der Waals surface area contributed by atoms with Crippen molar-refractivity contribution >= 4 is 15.9 Å². The molecular formula is C14H17BrFN. The van der Waals surface area contributed by atoms with Crippen LogP contribution >= 0.6 is 15.9 Å². The van der Waals surface area contributed by atoms with E-state index in [1.54, 1.807) is 6.07 Å². The molecule has 1 unspecified atom stereocenters. The van der Waals surface area contributed by atoms with E-state index < -0.39 is 0 Å². The highest BCUT2D eigenvalue weighted by Crippen LogP contribution is 2.35. The molecule has 1 N–H and O–H groups in total. The number of hydrogen-bond acceptors (Lipinski definition) is 1. The van der Waals surface area contributed by atoms with E-state index in [1.807, 2.05) is 6.07 Å². The van der Waals surface area contributed by atoms with Crippen LogP contribution in [0.1, 0.15) is 37.8 Å². The molecule has 1 aliphatic carbocycles. The SMILES string of the molecule is CCNC(C1=CCCC1)c1cccc(F)c1Br. The Morgan fingerprint density at radius 1 is 1.47 bits per heavy atom. The van der Waals surface area contributed by atoms with E-state index in [2.05, 4.69) is 34.2 Å². The van der Waals surface area contributed by atoms with Crippen molar-refractivity contribution in [3.8, 4) is 0 Å². The van der Waals surface area contributed by atoms with E-state index in [4.69, 9.17) is 0 Å². The molecule has 0 bridgehead atoms. The Balaban J connectivity index is 2.35. The number of rotatable bonds is 4. The summed E-state index contributed by atoms with van der Waals surface area (Å²) in [6.07, 6.45) is 5.75. The molecule has 0 fully saturated rings. The highest BCUT2D eigenvalue weighted by Gasteiger charge is 2.21. The molecule has 0 aromatic heterocycles. The summed E-state index contributed by atoms with van der Waals surface area (Å²) in [6, 6.07) is 5.39. The zero-order chi connectivity index (χ0) is 12.3. The molecule has 0 saturated heterocycles. The zero-order valence-electron chi connectivity index (χ0n) is 9.97. The number of nitrogens with one attached hydrogen (secondary N) is 1. The first-order valence-electron chi connectivity index (χ1n) is 6.10. The summed E-state index contributed by atoms with van der Waals surface area (Å²) in [5.41, 5.74) is 2.39. The van der Waals surface area contributed by atoms with Crippen molar-refractivity contribution in [3.63, 3.8) is 0 Å². The minimum absolute atomic E-state index is 0.146. The van der Waals surface area contributed by atoms with Gasteiger partial charge in [-0.1, -0.05) is 30.7 Å². The molecule has 0 aliphatic heterocycles. The van der Waals surface area contributed by atoms with Gasteiger partial charge in [0.2, 0.25) is 0 Å². The molecule has 0 radical (unpaired) electrons. The van der Waals surface area contributed by atoms with Crippen LogP contribution in [0.25, 0.3) is 0 Å². The summed E-state index contributed by atoms with van der Waals surface area (Å²) in [5.74, 6) is -0.191. The van der Waals surface area contributed by atoms with Crippen LogP contribution in [-0.4, -0.2) is 6.54 Å². The van der Waals surface area contributed by atoms with E-state index in [1.165, 1.54) is 18.1 Å². The minimum atomic E-state index is -0.191. The summed E-state index contributed by atoms with van der Waals surface area (Å²) < 4.78 is 14.2. The van der Waals surface area contributed by atoms with Gasteiger partial charge in [0.25, 0.3) is 0 Å². The monoisotopic (exact) mass is 297 g/mol. The maximum absolute atomic E-state index is 13.6. The van der Waals surface area contributed by atoms with E-state index in [-0.39, 0.29) is 11.9 Å². The molecule has 1 aromatic carbocycles. The Labute approximate surface area is 110 Å². The van der Waals surface area contributed by atoms with Gasteiger partial charge in [0.05, 0.1) is 10.5 Å². The van der Waals surface area contributed by atoms with Gasteiger partial charge < -0.3 is 5.32 Å². The van der Waals surface area contributed by atoms with Crippen LogP contribution in [-0.2, 0) is 0 Å². The van der Waals surface area contributed by atoms with Crippen LogP contribution in [0.5, 0.6) is 0 Å². The highest BCUT2D eigenvalue weighted by molar-refractivity contribution is 9.10. The van der Waals surface area contributed by atoms with Gasteiger partial charge in [-0.15, -0.1) is 0 Å². The molecule has 0 amide bonds. The molecule has 1 aliphatic rings. The van der Waals surface area contributed by atoms with E-state index in [0.29, 0.717) is 4.47 Å². The Kier molecular flexibility index (Phi) is 4.35. The Hall–Kier alpha value is -0.670.